The minimum absolute atomic E-state index is 0.0233. The molecule has 21 nitrogen and oxygen atoms in total. The molecule has 20 N–H and O–H groups in total. The number of aliphatic hydroxyl groups excluding tert-OH is 6. The summed E-state index contributed by atoms with van der Waals surface area (Å²) in [6.07, 6.45) is -14.7. The maximum absolute atomic E-state index is 12.7. The fourth-order valence-corrected chi connectivity index (χ4v) is 6.49. The van der Waals surface area contributed by atoms with Gasteiger partial charge in [-0.3, -0.25) is 4.79 Å². The molecule has 21 heteroatoms. The van der Waals surface area contributed by atoms with Crippen LogP contribution in [0.2, 0.25) is 0 Å². The highest BCUT2D eigenvalue weighted by molar-refractivity contribution is 5.80. The van der Waals surface area contributed by atoms with E-state index in [-0.39, 0.29) is 25.9 Å². The van der Waals surface area contributed by atoms with Crippen LogP contribution in [0.25, 0.3) is 0 Å². The summed E-state index contributed by atoms with van der Waals surface area (Å²) < 4.78 is 35.8. The van der Waals surface area contributed by atoms with E-state index in [1.54, 1.807) is 0 Å². The fourth-order valence-electron chi connectivity index (χ4n) is 6.49. The highest BCUT2D eigenvalue weighted by atomic mass is 16.8. The van der Waals surface area contributed by atoms with Gasteiger partial charge in [0.1, 0.15) is 66.8 Å². The Morgan fingerprint density at radius 3 is 2.22 bits per heavy atom. The molecule has 0 spiro atoms. The van der Waals surface area contributed by atoms with E-state index in [0.29, 0.717) is 31.8 Å². The van der Waals surface area contributed by atoms with Crippen molar-refractivity contribution in [2.45, 2.75) is 130 Å². The van der Waals surface area contributed by atoms with Gasteiger partial charge in [-0.1, -0.05) is 0 Å². The zero-order valence-electron chi connectivity index (χ0n) is 28.5. The summed E-state index contributed by atoms with van der Waals surface area (Å²) in [5.74, 6) is -0.222. The predicted molar refractivity (Wildman–Crippen MR) is 176 cm³/mol. The van der Waals surface area contributed by atoms with Crippen molar-refractivity contribution < 1.29 is 63.9 Å². The van der Waals surface area contributed by atoms with Crippen molar-refractivity contribution in [3.8, 4) is 0 Å². The van der Waals surface area contributed by atoms with Gasteiger partial charge >= 0.3 is 0 Å². The molecule has 4 aliphatic rings. The molecule has 296 valence electrons. The summed E-state index contributed by atoms with van der Waals surface area (Å²) in [5.41, 5.74) is 35.7. The zero-order chi connectivity index (χ0) is 37.4. The van der Waals surface area contributed by atoms with Gasteiger partial charge in [0.25, 0.3) is 0 Å². The Morgan fingerprint density at radius 2 is 1.55 bits per heavy atom. The average Bonchev–Trinajstić information content (AvgIpc) is 3.41. The summed E-state index contributed by atoms with van der Waals surface area (Å²) >= 11 is 0. The highest BCUT2D eigenvalue weighted by Gasteiger charge is 2.54. The Morgan fingerprint density at radius 1 is 0.863 bits per heavy atom. The zero-order valence-corrected chi connectivity index (χ0v) is 28.5. The van der Waals surface area contributed by atoms with Crippen LogP contribution in [-0.2, 0) is 33.2 Å². The first-order chi connectivity index (χ1) is 24.3. The Labute approximate surface area is 295 Å². The monoisotopic (exact) mass is 738 g/mol. The van der Waals surface area contributed by atoms with E-state index in [4.69, 9.17) is 62.8 Å². The summed E-state index contributed by atoms with van der Waals surface area (Å²) in [7, 11) is 0. The van der Waals surface area contributed by atoms with Crippen molar-refractivity contribution >= 4 is 5.91 Å². The molecular weight excluding hydrogens is 680 g/mol. The van der Waals surface area contributed by atoms with Crippen molar-refractivity contribution in [1.29, 1.82) is 0 Å². The van der Waals surface area contributed by atoms with Crippen LogP contribution in [0.1, 0.15) is 25.7 Å². The number of hydrogen-bond acceptors (Lipinski definition) is 20. The molecular formula is C30H58N8O13. The lowest BCUT2D eigenvalue weighted by molar-refractivity contribution is -0.282. The van der Waals surface area contributed by atoms with Crippen LogP contribution in [-0.4, -0.2) is 180 Å². The van der Waals surface area contributed by atoms with Gasteiger partial charge < -0.3 is 104 Å². The molecule has 1 saturated carbocycles. The molecule has 4 rings (SSSR count). The first-order valence-electron chi connectivity index (χ1n) is 17.4. The highest BCUT2D eigenvalue weighted by Crippen LogP contribution is 2.34. The van der Waals surface area contributed by atoms with Gasteiger partial charge in [0.05, 0.1) is 31.3 Å². The Balaban J connectivity index is 1.53. The molecule has 0 radical (unpaired) electrons. The van der Waals surface area contributed by atoms with Crippen LogP contribution < -0.4 is 45.0 Å². The molecule has 0 bridgehead atoms. The number of ether oxygens (including phenoxy) is 6. The molecule has 3 aliphatic heterocycles. The fraction of sp³-hybridized carbons (Fsp3) is 0.900. The van der Waals surface area contributed by atoms with Crippen molar-refractivity contribution in [2.75, 3.05) is 39.3 Å². The van der Waals surface area contributed by atoms with E-state index in [1.165, 1.54) is 0 Å². The van der Waals surface area contributed by atoms with Gasteiger partial charge in [0.2, 0.25) is 12.2 Å². The van der Waals surface area contributed by atoms with Gasteiger partial charge in [-0.05, 0) is 51.4 Å². The molecule has 0 aromatic rings. The summed E-state index contributed by atoms with van der Waals surface area (Å²) in [5, 5.41) is 69.8. The van der Waals surface area contributed by atoms with Crippen molar-refractivity contribution in [2.24, 2.45) is 34.4 Å². The Bertz CT molecular complexity index is 1120. The summed E-state index contributed by atoms with van der Waals surface area (Å²) in [6.45, 7) is 0.762. The molecule has 3 fully saturated rings. The molecule has 3 heterocycles. The summed E-state index contributed by atoms with van der Waals surface area (Å²) in [6, 6.07) is -3.87. The first-order valence-corrected chi connectivity index (χ1v) is 17.4. The van der Waals surface area contributed by atoms with Crippen molar-refractivity contribution in [1.82, 2.24) is 10.6 Å². The van der Waals surface area contributed by atoms with Crippen molar-refractivity contribution in [3.63, 3.8) is 0 Å². The van der Waals surface area contributed by atoms with Gasteiger partial charge in [-0.2, -0.15) is 0 Å². The van der Waals surface area contributed by atoms with E-state index in [2.05, 4.69) is 10.6 Å². The van der Waals surface area contributed by atoms with Crippen LogP contribution in [0.15, 0.2) is 11.8 Å². The maximum atomic E-state index is 12.7. The lowest BCUT2D eigenvalue weighted by Gasteiger charge is -2.46. The lowest BCUT2D eigenvalue weighted by Crippen LogP contribution is -2.67. The molecule has 0 aromatic carbocycles. The molecule has 1 aliphatic carbocycles. The second kappa shape index (κ2) is 19.6. The molecule has 1 amide bonds. The smallest absolute Gasteiger partial charge is 0.249 e. The molecule has 1 unspecified atom stereocenters. The van der Waals surface area contributed by atoms with Gasteiger partial charge in [-0.25, -0.2) is 0 Å². The third-order valence-electron chi connectivity index (χ3n) is 9.51. The third kappa shape index (κ3) is 10.3. The van der Waals surface area contributed by atoms with E-state index >= 15 is 0 Å². The van der Waals surface area contributed by atoms with Gasteiger partial charge in [-0.15, -0.1) is 0 Å². The van der Waals surface area contributed by atoms with E-state index in [9.17, 15) is 35.4 Å². The van der Waals surface area contributed by atoms with Crippen LogP contribution in [0.3, 0.4) is 0 Å². The number of nitrogens with one attached hydrogen (secondary N) is 2. The third-order valence-corrected chi connectivity index (χ3v) is 9.51. The topological polar surface area (TPSA) is 374 Å². The SMILES string of the molecule is NCCCNCC1=CC[C@@H](N)[C@@H](O[C@H]2[C@H](O[C@@H]3O[C@H](CO)[C@@H](O[C@H]4O[C@@H](CN)[C@@H](O)[C@H](O)[C@H]4N)[C@H]3O)[C@@H](O)[C@H](NC(=O)C(O)CCN)C[C@@H]2N)O1. The maximum Gasteiger partial charge on any atom is 0.249 e. The Kier molecular flexibility index (Phi) is 16.1. The molecule has 2 saturated heterocycles. The standard InChI is InChI=1S/C30H58N8O13/c31-5-1-7-37-10-12-2-3-13(34)28(46-12)49-24-14(35)8-15(38-27(45)16(40)4-6-32)20(41)26(24)51-30-23(44)25(18(11-39)48-30)50-29-19(36)22(43)21(42)17(9-33)47-29/h2,13-26,28-30,37,39-44H,1,3-11,31-36H2,(H,38,45)/t13-,14+,15-,16?,17+,18-,19-,20+,21-,22-,23-,24-,25-,26-,28-,29-,30+/m1/s1. The second-order valence-corrected chi connectivity index (χ2v) is 13.3. The van der Waals surface area contributed by atoms with Crippen LogP contribution >= 0.6 is 0 Å². The molecule has 17 atom stereocenters. The van der Waals surface area contributed by atoms with Crippen LogP contribution in [0.4, 0.5) is 0 Å². The van der Waals surface area contributed by atoms with Crippen LogP contribution in [0.5, 0.6) is 0 Å². The number of rotatable bonds is 17. The van der Waals surface area contributed by atoms with E-state index < -0.39 is 117 Å². The minimum atomic E-state index is -1.65. The van der Waals surface area contributed by atoms with E-state index in [1.807, 2.05) is 6.08 Å². The van der Waals surface area contributed by atoms with E-state index in [0.717, 1.165) is 6.42 Å². The summed E-state index contributed by atoms with van der Waals surface area (Å²) in [4.78, 5) is 12.7. The van der Waals surface area contributed by atoms with Gasteiger partial charge in [0.15, 0.2) is 12.6 Å². The first kappa shape index (κ1) is 42.0. The van der Waals surface area contributed by atoms with Crippen LogP contribution in [0, 0.1) is 0 Å². The Hall–Kier alpha value is -1.71. The predicted octanol–water partition coefficient (Wildman–Crippen LogP) is -7.86. The number of carbonyl (C=O) groups excluding carboxylic acids is 1. The van der Waals surface area contributed by atoms with Crippen molar-refractivity contribution in [3.05, 3.63) is 11.8 Å². The number of amides is 1. The number of carbonyl (C=O) groups is 1. The second-order valence-electron chi connectivity index (χ2n) is 13.3. The number of hydrogen-bond donors (Lipinski definition) is 14. The molecule has 0 aromatic heterocycles. The number of nitrogens with two attached hydrogens (primary N) is 6. The lowest BCUT2D eigenvalue weighted by atomic mass is 9.83. The van der Waals surface area contributed by atoms with Gasteiger partial charge in [0, 0.05) is 12.6 Å². The molecule has 51 heavy (non-hydrogen) atoms. The number of aliphatic hydroxyl groups is 6. The average molecular weight is 739 g/mol. The normalized spacial score (nSPS) is 42.2. The largest absolute Gasteiger partial charge is 0.467 e. The quantitative estimate of drug-likeness (QED) is 0.0616. The minimum Gasteiger partial charge on any atom is -0.467 e.